The second kappa shape index (κ2) is 7.75. The van der Waals surface area contributed by atoms with Crippen molar-refractivity contribution in [2.75, 3.05) is 36.8 Å². The highest BCUT2D eigenvalue weighted by molar-refractivity contribution is 7.99. The van der Waals surface area contributed by atoms with E-state index >= 15 is 0 Å². The minimum absolute atomic E-state index is 0.0488. The molecule has 1 aromatic carbocycles. The predicted molar refractivity (Wildman–Crippen MR) is 106 cm³/mol. The average Bonchev–Trinajstić information content (AvgIpc) is 3.10. The van der Waals surface area contributed by atoms with Gasteiger partial charge in [-0.3, -0.25) is 9.20 Å². The van der Waals surface area contributed by atoms with E-state index in [2.05, 4.69) is 15.2 Å². The second-order valence-electron chi connectivity index (χ2n) is 6.76. The van der Waals surface area contributed by atoms with Gasteiger partial charge in [-0.1, -0.05) is 23.9 Å². The SMILES string of the molecule is Cc1cc(C)n2c(SCC(=O)N3CCN(c4ccccc4F)CC3)nnc2n1. The summed E-state index contributed by atoms with van der Waals surface area (Å²) in [7, 11) is 0. The van der Waals surface area contributed by atoms with Crippen molar-refractivity contribution >= 4 is 29.1 Å². The molecule has 1 amide bonds. The number of aromatic nitrogens is 4. The van der Waals surface area contributed by atoms with Gasteiger partial charge in [0.2, 0.25) is 5.91 Å². The number of amides is 1. The van der Waals surface area contributed by atoms with E-state index in [9.17, 15) is 9.18 Å². The summed E-state index contributed by atoms with van der Waals surface area (Å²) in [6, 6.07) is 8.71. The van der Waals surface area contributed by atoms with Gasteiger partial charge in [0, 0.05) is 37.6 Å². The maximum absolute atomic E-state index is 13.9. The van der Waals surface area contributed by atoms with E-state index in [1.165, 1.54) is 17.8 Å². The lowest BCUT2D eigenvalue weighted by Crippen LogP contribution is -2.49. The van der Waals surface area contributed by atoms with Gasteiger partial charge in [0.25, 0.3) is 5.78 Å². The van der Waals surface area contributed by atoms with Crippen molar-refractivity contribution in [2.24, 2.45) is 0 Å². The van der Waals surface area contributed by atoms with Crippen molar-refractivity contribution < 1.29 is 9.18 Å². The van der Waals surface area contributed by atoms with Gasteiger partial charge in [0.05, 0.1) is 11.4 Å². The molecule has 2 aromatic heterocycles. The molecule has 1 saturated heterocycles. The molecule has 7 nitrogen and oxygen atoms in total. The highest BCUT2D eigenvalue weighted by Crippen LogP contribution is 2.22. The van der Waals surface area contributed by atoms with Gasteiger partial charge < -0.3 is 9.80 Å². The quantitative estimate of drug-likeness (QED) is 0.626. The molecule has 3 heterocycles. The van der Waals surface area contributed by atoms with Gasteiger partial charge >= 0.3 is 0 Å². The second-order valence-corrected chi connectivity index (χ2v) is 7.71. The molecule has 0 atom stereocenters. The molecule has 9 heteroatoms. The van der Waals surface area contributed by atoms with E-state index in [-0.39, 0.29) is 17.5 Å². The molecule has 1 fully saturated rings. The van der Waals surface area contributed by atoms with Crippen LogP contribution >= 0.6 is 11.8 Å². The molecule has 3 aromatic rings. The third-order valence-electron chi connectivity index (χ3n) is 4.81. The summed E-state index contributed by atoms with van der Waals surface area (Å²) >= 11 is 1.36. The van der Waals surface area contributed by atoms with Crippen molar-refractivity contribution in [1.82, 2.24) is 24.5 Å². The normalized spacial score (nSPS) is 14.7. The summed E-state index contributed by atoms with van der Waals surface area (Å²) in [4.78, 5) is 20.8. The molecule has 4 rings (SSSR count). The summed E-state index contributed by atoms with van der Waals surface area (Å²) in [6.07, 6.45) is 0. The lowest BCUT2D eigenvalue weighted by Gasteiger charge is -2.36. The molecule has 0 radical (unpaired) electrons. The van der Waals surface area contributed by atoms with E-state index in [1.54, 1.807) is 12.1 Å². The number of hydrogen-bond donors (Lipinski definition) is 0. The van der Waals surface area contributed by atoms with Crippen LogP contribution in [0.15, 0.2) is 35.5 Å². The van der Waals surface area contributed by atoms with Crippen molar-refractivity contribution in [3.05, 3.63) is 47.5 Å². The van der Waals surface area contributed by atoms with Crippen LogP contribution in [-0.2, 0) is 4.79 Å². The van der Waals surface area contributed by atoms with Crippen molar-refractivity contribution in [2.45, 2.75) is 19.0 Å². The van der Waals surface area contributed by atoms with E-state index < -0.39 is 0 Å². The van der Waals surface area contributed by atoms with Crippen LogP contribution in [0.1, 0.15) is 11.4 Å². The molecule has 1 aliphatic rings. The smallest absolute Gasteiger partial charge is 0.256 e. The highest BCUT2D eigenvalue weighted by atomic mass is 32.2. The van der Waals surface area contributed by atoms with Gasteiger partial charge in [-0.05, 0) is 32.0 Å². The number of fused-ring (bicyclic) bond motifs is 1. The number of thioether (sulfide) groups is 1. The molecule has 0 unspecified atom stereocenters. The molecular formula is C19H21FN6OS. The lowest BCUT2D eigenvalue weighted by molar-refractivity contribution is -0.128. The third-order valence-corrected chi connectivity index (χ3v) is 5.73. The average molecular weight is 400 g/mol. The number of nitrogens with zero attached hydrogens (tertiary/aromatic N) is 6. The number of anilines is 1. The molecule has 0 aliphatic carbocycles. The summed E-state index contributed by atoms with van der Waals surface area (Å²) < 4.78 is 15.8. The van der Waals surface area contributed by atoms with Gasteiger partial charge in [0.15, 0.2) is 5.16 Å². The Kier molecular flexibility index (Phi) is 5.17. The summed E-state index contributed by atoms with van der Waals surface area (Å²) in [5, 5.41) is 8.93. The van der Waals surface area contributed by atoms with E-state index in [1.807, 2.05) is 40.2 Å². The van der Waals surface area contributed by atoms with E-state index in [4.69, 9.17) is 0 Å². The zero-order valence-corrected chi connectivity index (χ0v) is 16.6. The van der Waals surface area contributed by atoms with Crippen LogP contribution in [0.5, 0.6) is 0 Å². The molecular weight excluding hydrogens is 379 g/mol. The minimum Gasteiger partial charge on any atom is -0.366 e. The zero-order chi connectivity index (χ0) is 19.7. The molecule has 0 saturated carbocycles. The molecule has 0 spiro atoms. The fourth-order valence-corrected chi connectivity index (χ4v) is 4.30. The standard InChI is InChI=1S/C19H21FN6OS/c1-13-11-14(2)26-18(21-13)22-23-19(26)28-12-17(27)25-9-7-24(8-10-25)16-6-4-3-5-15(16)20/h3-6,11H,7-10,12H2,1-2H3. The van der Waals surface area contributed by atoms with E-state index in [0.29, 0.717) is 42.8 Å². The number of carbonyl (C=O) groups is 1. The van der Waals surface area contributed by atoms with Crippen molar-refractivity contribution in [1.29, 1.82) is 0 Å². The van der Waals surface area contributed by atoms with Crippen LogP contribution in [-0.4, -0.2) is 62.3 Å². The summed E-state index contributed by atoms with van der Waals surface area (Å²) in [5.41, 5.74) is 2.47. The number of piperazine rings is 1. The first kappa shape index (κ1) is 18.7. The minimum atomic E-state index is -0.226. The van der Waals surface area contributed by atoms with Crippen LogP contribution < -0.4 is 4.90 Å². The first-order chi connectivity index (χ1) is 13.5. The number of benzene rings is 1. The molecule has 28 heavy (non-hydrogen) atoms. The molecule has 146 valence electrons. The lowest BCUT2D eigenvalue weighted by atomic mass is 10.2. The van der Waals surface area contributed by atoms with Crippen molar-refractivity contribution in [3.63, 3.8) is 0 Å². The number of halogens is 1. The zero-order valence-electron chi connectivity index (χ0n) is 15.8. The largest absolute Gasteiger partial charge is 0.366 e. The molecule has 0 N–H and O–H groups in total. The first-order valence-corrected chi connectivity index (χ1v) is 10.1. The van der Waals surface area contributed by atoms with Gasteiger partial charge in [0.1, 0.15) is 5.82 Å². The maximum Gasteiger partial charge on any atom is 0.256 e. The van der Waals surface area contributed by atoms with E-state index in [0.717, 1.165) is 11.4 Å². The van der Waals surface area contributed by atoms with Crippen LogP contribution in [0.2, 0.25) is 0 Å². The Morgan fingerprint density at radius 1 is 1.14 bits per heavy atom. The monoisotopic (exact) mass is 400 g/mol. The summed E-state index contributed by atoms with van der Waals surface area (Å²) in [5.74, 6) is 0.655. The number of rotatable bonds is 4. The Morgan fingerprint density at radius 2 is 1.89 bits per heavy atom. The topological polar surface area (TPSA) is 66.6 Å². The Morgan fingerprint density at radius 3 is 2.64 bits per heavy atom. The van der Waals surface area contributed by atoms with Gasteiger partial charge in [-0.15, -0.1) is 10.2 Å². The summed E-state index contributed by atoms with van der Waals surface area (Å²) in [6.45, 7) is 6.28. The first-order valence-electron chi connectivity index (χ1n) is 9.12. The Bertz CT molecular complexity index is 1010. The third kappa shape index (κ3) is 3.66. The Balaban J connectivity index is 1.36. The predicted octanol–water partition coefficient (Wildman–Crippen LogP) is 2.32. The Hall–Kier alpha value is -2.68. The number of carbonyl (C=O) groups excluding carboxylic acids is 1. The van der Waals surface area contributed by atoms with Crippen LogP contribution in [0.4, 0.5) is 10.1 Å². The maximum atomic E-state index is 13.9. The fraction of sp³-hybridized carbons (Fsp3) is 0.368. The van der Waals surface area contributed by atoms with Crippen LogP contribution in [0.3, 0.4) is 0 Å². The molecule has 1 aliphatic heterocycles. The van der Waals surface area contributed by atoms with Gasteiger partial charge in [-0.2, -0.15) is 0 Å². The molecule has 0 bridgehead atoms. The fourth-order valence-electron chi connectivity index (χ4n) is 3.42. The highest BCUT2D eigenvalue weighted by Gasteiger charge is 2.23. The number of para-hydroxylation sites is 1. The number of aryl methyl sites for hydroxylation is 2. The Labute approximate surface area is 166 Å². The van der Waals surface area contributed by atoms with Crippen LogP contribution in [0.25, 0.3) is 5.78 Å². The van der Waals surface area contributed by atoms with Crippen LogP contribution in [0, 0.1) is 19.7 Å². The number of hydrogen-bond acceptors (Lipinski definition) is 6. The van der Waals surface area contributed by atoms with Crippen molar-refractivity contribution in [3.8, 4) is 0 Å². The van der Waals surface area contributed by atoms with Gasteiger partial charge in [-0.25, -0.2) is 9.37 Å².